The molecule has 10 nitrogen and oxygen atoms in total. The zero-order valence-corrected chi connectivity index (χ0v) is 59.3. The molecule has 0 fully saturated rings. The SMILES string of the molecule is Brc1cccc(-c2ccncc2)n1.c1ccc(-c2[nH]c3c(ccc4c5cccc(-c6cccc(-c7ccncc7)n6)c5ccc43)c2-c2ccccc2)cc1.c1ccc(-c2c(-c3ccccc3)n(-c3cccc(-c4ccncc4)n3)c3c2ccc2c4cccc(-c5cccc(-c6ccncc6)n5)c4ccc23)cc1. The van der Waals surface area contributed by atoms with Crippen molar-refractivity contribution in [2.24, 2.45) is 0 Å². The van der Waals surface area contributed by atoms with Gasteiger partial charge in [-0.25, -0.2) is 19.9 Å². The number of rotatable bonds is 11. The van der Waals surface area contributed by atoms with Crippen LogP contribution in [0.3, 0.4) is 0 Å². The fourth-order valence-electron chi connectivity index (χ4n) is 14.8. The van der Waals surface area contributed by atoms with Gasteiger partial charge in [0, 0.05) is 116 Å². The first-order valence-electron chi connectivity index (χ1n) is 35.4. The van der Waals surface area contributed by atoms with E-state index in [1.54, 1.807) is 12.4 Å². The van der Waals surface area contributed by atoms with Gasteiger partial charge in [0.1, 0.15) is 10.4 Å². The van der Waals surface area contributed by atoms with Gasteiger partial charge in [0.15, 0.2) is 0 Å². The molecule has 0 aliphatic heterocycles. The Hall–Kier alpha value is -14.0. The summed E-state index contributed by atoms with van der Waals surface area (Å²) in [5, 5.41) is 11.9. The van der Waals surface area contributed by atoms with E-state index < -0.39 is 0 Å². The lowest BCUT2D eigenvalue weighted by molar-refractivity contribution is 1.06. The fraction of sp³-hybridized carbons (Fsp3) is 0. The lowest BCUT2D eigenvalue weighted by atomic mass is 9.94. The topological polar surface area (TPSA) is 124 Å². The maximum absolute atomic E-state index is 5.34. The number of hydrogen-bond donors (Lipinski definition) is 1. The Labute approximate surface area is 626 Å². The number of aromatic amines is 1. The van der Waals surface area contributed by atoms with Crippen LogP contribution in [0.25, 0.3) is 183 Å². The summed E-state index contributed by atoms with van der Waals surface area (Å²) in [6.07, 6.45) is 14.4. The number of H-pyrrole nitrogens is 1. The van der Waals surface area contributed by atoms with Crippen LogP contribution in [-0.4, -0.2) is 49.4 Å². The highest BCUT2D eigenvalue weighted by molar-refractivity contribution is 9.10. The number of nitrogens with one attached hydrogen (secondary N) is 1. The monoisotopic (exact) mass is 1430 g/mol. The van der Waals surface area contributed by atoms with Crippen molar-refractivity contribution in [2.45, 2.75) is 0 Å². The molecule has 11 heteroatoms. The van der Waals surface area contributed by atoms with Crippen LogP contribution in [0.1, 0.15) is 0 Å². The number of fused-ring (bicyclic) bond motifs is 10. The van der Waals surface area contributed by atoms with Gasteiger partial charge in [-0.15, -0.1) is 0 Å². The van der Waals surface area contributed by atoms with E-state index in [9.17, 15) is 0 Å². The molecule has 0 bridgehead atoms. The molecule has 0 spiro atoms. The molecule has 1 N–H and O–H groups in total. The average molecular weight is 1440 g/mol. The molecule has 504 valence electrons. The Bertz CT molecular complexity index is 6600. The molecule has 0 amide bonds. The van der Waals surface area contributed by atoms with Gasteiger partial charge in [0.25, 0.3) is 0 Å². The average Bonchev–Trinajstić information content (AvgIpc) is 1.56. The molecule has 0 atom stereocenters. The van der Waals surface area contributed by atoms with Gasteiger partial charge < -0.3 is 4.98 Å². The standard InChI is InChI=1S/C48H31N5.C38H25N3.C10H7BrN2/c1-3-10-34(11-4-1)46-41-23-21-38-36-14-7-15-39(44-18-8-16-42(51-44)32-24-28-49-29-25-32)37(36)20-22-40(38)48(41)53(47(46)35-12-5-2-6-13-35)45-19-9-17-43(52-45)33-26-30-50-31-27-33;1-3-9-26(10-4-1)36-33-20-18-30-28-13-7-14-31(35-16-8-15-34(40-35)25-21-23-39-24-22-25)29(28)17-19-32(30)38(33)41-37(36)27-11-5-2-6-12-27;11-10-3-1-2-9(13-10)8-4-6-12-7-5-8/h1-31H;1-24,41H;1-7H. The highest BCUT2D eigenvalue weighted by atomic mass is 79.9. The molecule has 0 saturated heterocycles. The minimum absolute atomic E-state index is 0.849. The molecule has 107 heavy (non-hydrogen) atoms. The molecule has 0 saturated carbocycles. The molecule has 10 heterocycles. The molecule has 0 aliphatic rings. The van der Waals surface area contributed by atoms with Gasteiger partial charge in [-0.2, -0.15) is 0 Å². The van der Waals surface area contributed by atoms with E-state index in [-0.39, 0.29) is 0 Å². The second-order valence-electron chi connectivity index (χ2n) is 26.0. The lowest BCUT2D eigenvalue weighted by Gasteiger charge is -2.15. The van der Waals surface area contributed by atoms with Crippen LogP contribution in [0, 0.1) is 0 Å². The van der Waals surface area contributed by atoms with Crippen molar-refractivity contribution >= 4 is 80.8 Å². The van der Waals surface area contributed by atoms with E-state index in [1.165, 1.54) is 65.3 Å². The van der Waals surface area contributed by atoms with E-state index in [1.807, 2.05) is 104 Å². The Balaban J connectivity index is 0.000000132. The second-order valence-corrected chi connectivity index (χ2v) is 26.8. The summed E-state index contributed by atoms with van der Waals surface area (Å²) in [6, 6.07) is 114. The predicted octanol–water partition coefficient (Wildman–Crippen LogP) is 24.7. The maximum Gasteiger partial charge on any atom is 0.138 e. The second kappa shape index (κ2) is 29.0. The maximum atomic E-state index is 5.34. The van der Waals surface area contributed by atoms with Crippen molar-refractivity contribution in [3.63, 3.8) is 0 Å². The van der Waals surface area contributed by atoms with Crippen molar-refractivity contribution in [3.8, 4) is 118 Å². The largest absolute Gasteiger partial charge is 0.353 e. The van der Waals surface area contributed by atoms with Crippen molar-refractivity contribution in [1.29, 1.82) is 0 Å². The summed E-state index contributed by atoms with van der Waals surface area (Å²) in [7, 11) is 0. The first-order valence-corrected chi connectivity index (χ1v) is 36.2. The van der Waals surface area contributed by atoms with Crippen molar-refractivity contribution in [1.82, 2.24) is 49.4 Å². The summed E-state index contributed by atoms with van der Waals surface area (Å²) >= 11 is 3.33. The molecule has 0 radical (unpaired) electrons. The Kier molecular flexibility index (Phi) is 17.6. The van der Waals surface area contributed by atoms with Crippen molar-refractivity contribution in [3.05, 3.63) is 382 Å². The van der Waals surface area contributed by atoms with Crippen LogP contribution in [0.2, 0.25) is 0 Å². The summed E-state index contributed by atoms with van der Waals surface area (Å²) in [5.41, 5.74) is 23.6. The summed E-state index contributed by atoms with van der Waals surface area (Å²) in [5.74, 6) is 0.851. The first kappa shape index (κ1) is 65.1. The number of nitrogens with zero attached hydrogens (tertiary/aromatic N) is 9. The number of aromatic nitrogens is 10. The van der Waals surface area contributed by atoms with Gasteiger partial charge in [-0.1, -0.05) is 231 Å². The normalized spacial score (nSPS) is 11.2. The fourth-order valence-corrected chi connectivity index (χ4v) is 15.2. The predicted molar refractivity (Wildman–Crippen MR) is 442 cm³/mol. The molecule has 10 aromatic heterocycles. The molecule has 0 aliphatic carbocycles. The highest BCUT2D eigenvalue weighted by Gasteiger charge is 2.26. The minimum atomic E-state index is 0.849. The van der Waals surface area contributed by atoms with Gasteiger partial charge in [0.2, 0.25) is 0 Å². The summed E-state index contributed by atoms with van der Waals surface area (Å²) < 4.78 is 3.22. The molecule has 0 unspecified atom stereocenters. The molecule has 10 aromatic carbocycles. The molecule has 20 aromatic rings. The van der Waals surface area contributed by atoms with Gasteiger partial charge in [-0.3, -0.25) is 24.5 Å². The van der Waals surface area contributed by atoms with E-state index in [4.69, 9.17) is 15.0 Å². The van der Waals surface area contributed by atoms with E-state index in [0.717, 1.165) is 122 Å². The van der Waals surface area contributed by atoms with E-state index in [2.05, 4.69) is 311 Å². The Morgan fingerprint density at radius 2 is 0.598 bits per heavy atom. The van der Waals surface area contributed by atoms with Crippen LogP contribution in [-0.2, 0) is 0 Å². The third-order valence-corrected chi connectivity index (χ3v) is 20.1. The summed E-state index contributed by atoms with van der Waals surface area (Å²) in [4.78, 5) is 40.2. The highest BCUT2D eigenvalue weighted by Crippen LogP contribution is 2.48. The quantitative estimate of drug-likeness (QED) is 0.100. The molecular formula is C96H63BrN10. The Morgan fingerprint density at radius 3 is 1.10 bits per heavy atom. The zero-order chi connectivity index (χ0) is 71.4. The first-order chi connectivity index (χ1) is 53.0. The van der Waals surface area contributed by atoms with E-state index in [0.29, 0.717) is 0 Å². The zero-order valence-electron chi connectivity index (χ0n) is 57.7. The molecule has 20 rings (SSSR count). The van der Waals surface area contributed by atoms with Gasteiger partial charge in [0.05, 0.1) is 56.6 Å². The van der Waals surface area contributed by atoms with Crippen molar-refractivity contribution < 1.29 is 0 Å². The smallest absolute Gasteiger partial charge is 0.138 e. The third kappa shape index (κ3) is 12.7. The Morgan fingerprint density at radius 1 is 0.234 bits per heavy atom. The van der Waals surface area contributed by atoms with Crippen LogP contribution < -0.4 is 0 Å². The van der Waals surface area contributed by atoms with Crippen LogP contribution in [0.4, 0.5) is 0 Å². The van der Waals surface area contributed by atoms with Crippen LogP contribution in [0.15, 0.2) is 382 Å². The van der Waals surface area contributed by atoms with Gasteiger partial charge in [-0.05, 0) is 168 Å². The van der Waals surface area contributed by atoms with Crippen LogP contribution in [0.5, 0.6) is 0 Å². The third-order valence-electron chi connectivity index (χ3n) is 19.7. The molecular weight excluding hydrogens is 1370 g/mol. The van der Waals surface area contributed by atoms with Crippen molar-refractivity contribution in [2.75, 3.05) is 0 Å². The number of halogens is 1. The summed E-state index contributed by atoms with van der Waals surface area (Å²) in [6.45, 7) is 0. The number of benzene rings is 10. The number of pyridine rings is 8. The van der Waals surface area contributed by atoms with E-state index >= 15 is 0 Å². The van der Waals surface area contributed by atoms with Crippen LogP contribution >= 0.6 is 15.9 Å². The minimum Gasteiger partial charge on any atom is -0.353 e. The van der Waals surface area contributed by atoms with Gasteiger partial charge >= 0.3 is 0 Å². The number of hydrogen-bond acceptors (Lipinski definition) is 8. The lowest BCUT2D eigenvalue weighted by Crippen LogP contribution is -2.02.